The van der Waals surface area contributed by atoms with Gasteiger partial charge in [0, 0.05) is 24.3 Å². The quantitative estimate of drug-likeness (QED) is 0.587. The number of hydrogen-bond acceptors (Lipinski definition) is 3. The van der Waals surface area contributed by atoms with Gasteiger partial charge in [-0.2, -0.15) is 0 Å². The summed E-state index contributed by atoms with van der Waals surface area (Å²) in [6.07, 6.45) is 3.34. The van der Waals surface area contributed by atoms with E-state index in [-0.39, 0.29) is 18.6 Å². The molecule has 112 valence electrons. The maximum Gasteiger partial charge on any atom is 0.260 e. The first kappa shape index (κ1) is 16.3. The Morgan fingerprint density at radius 2 is 2.10 bits per heavy atom. The van der Waals surface area contributed by atoms with Crippen LogP contribution in [0.1, 0.15) is 40.0 Å². The number of nitrogens with zero attached hydrogens (tertiary/aromatic N) is 1. The number of carbonyl (C=O) groups is 1. The number of unbranched alkanes of at least 4 members (excludes halogenated alkanes) is 2. The average Bonchev–Trinajstić information content (AvgIpc) is 2.41. The molecule has 0 saturated heterocycles. The highest BCUT2D eigenvalue weighted by Crippen LogP contribution is 2.14. The number of nitrogens with two attached hydrogens (primary N) is 1. The standard InChI is InChI=1S/C16H26N2O2/c1-4-5-6-10-18(13(2)3)16(19)12-20-15-9-7-8-14(17)11-15/h7-9,11,13H,4-6,10,12,17H2,1-3H3. The van der Waals surface area contributed by atoms with Crippen LogP contribution in [0.5, 0.6) is 5.75 Å². The van der Waals surface area contributed by atoms with Gasteiger partial charge in [-0.05, 0) is 32.4 Å². The smallest absolute Gasteiger partial charge is 0.260 e. The van der Waals surface area contributed by atoms with E-state index in [0.29, 0.717) is 11.4 Å². The normalized spacial score (nSPS) is 10.6. The number of nitrogen functional groups attached to an aromatic ring is 1. The van der Waals surface area contributed by atoms with Crippen LogP contribution >= 0.6 is 0 Å². The first-order valence-electron chi connectivity index (χ1n) is 7.32. The van der Waals surface area contributed by atoms with Crippen molar-refractivity contribution in [2.24, 2.45) is 0 Å². The molecule has 4 heteroatoms. The Balaban J connectivity index is 2.49. The molecule has 0 unspecified atom stereocenters. The fourth-order valence-corrected chi connectivity index (χ4v) is 2.04. The number of ether oxygens (including phenoxy) is 1. The molecule has 2 N–H and O–H groups in total. The number of hydrogen-bond donors (Lipinski definition) is 1. The summed E-state index contributed by atoms with van der Waals surface area (Å²) in [7, 11) is 0. The fraction of sp³-hybridized carbons (Fsp3) is 0.562. The molecule has 0 saturated carbocycles. The van der Waals surface area contributed by atoms with E-state index in [1.165, 1.54) is 0 Å². The molecule has 1 rings (SSSR count). The van der Waals surface area contributed by atoms with Crippen molar-refractivity contribution in [1.82, 2.24) is 4.90 Å². The second-order valence-corrected chi connectivity index (χ2v) is 5.25. The van der Waals surface area contributed by atoms with Crippen LogP contribution in [0.3, 0.4) is 0 Å². The zero-order valence-corrected chi connectivity index (χ0v) is 12.8. The van der Waals surface area contributed by atoms with Gasteiger partial charge >= 0.3 is 0 Å². The number of rotatable bonds is 8. The molecular weight excluding hydrogens is 252 g/mol. The molecule has 0 radical (unpaired) electrons. The first-order valence-corrected chi connectivity index (χ1v) is 7.32. The lowest BCUT2D eigenvalue weighted by molar-refractivity contribution is -0.135. The summed E-state index contributed by atoms with van der Waals surface area (Å²) in [5.74, 6) is 0.661. The lowest BCUT2D eigenvalue weighted by Gasteiger charge is -2.26. The van der Waals surface area contributed by atoms with Gasteiger partial charge in [-0.3, -0.25) is 4.79 Å². The van der Waals surface area contributed by atoms with E-state index in [0.717, 1.165) is 25.8 Å². The van der Waals surface area contributed by atoms with Gasteiger partial charge in [0.05, 0.1) is 0 Å². The van der Waals surface area contributed by atoms with Crippen molar-refractivity contribution in [3.63, 3.8) is 0 Å². The third-order valence-corrected chi connectivity index (χ3v) is 3.17. The molecule has 20 heavy (non-hydrogen) atoms. The van der Waals surface area contributed by atoms with Crippen LogP contribution in [-0.2, 0) is 4.79 Å². The first-order chi connectivity index (χ1) is 9.54. The number of benzene rings is 1. The van der Waals surface area contributed by atoms with Crippen LogP contribution in [0.15, 0.2) is 24.3 Å². The predicted molar refractivity (Wildman–Crippen MR) is 82.7 cm³/mol. The van der Waals surface area contributed by atoms with E-state index in [2.05, 4.69) is 6.92 Å². The van der Waals surface area contributed by atoms with Crippen LogP contribution in [0.4, 0.5) is 5.69 Å². The molecule has 0 fully saturated rings. The SMILES string of the molecule is CCCCCN(C(=O)COc1cccc(N)c1)C(C)C. The zero-order valence-electron chi connectivity index (χ0n) is 12.8. The molecule has 0 heterocycles. The maximum atomic E-state index is 12.2. The summed E-state index contributed by atoms with van der Waals surface area (Å²) >= 11 is 0. The van der Waals surface area contributed by atoms with Crippen LogP contribution in [-0.4, -0.2) is 30.0 Å². The van der Waals surface area contributed by atoms with Gasteiger partial charge in [-0.15, -0.1) is 0 Å². The highest BCUT2D eigenvalue weighted by atomic mass is 16.5. The molecule has 0 bridgehead atoms. The van der Waals surface area contributed by atoms with Gasteiger partial charge < -0.3 is 15.4 Å². The molecule has 0 atom stereocenters. The summed E-state index contributed by atoms with van der Waals surface area (Å²) in [4.78, 5) is 14.1. The third-order valence-electron chi connectivity index (χ3n) is 3.17. The Hall–Kier alpha value is -1.71. The molecule has 0 aliphatic rings. The second kappa shape index (κ2) is 8.46. The molecule has 0 aromatic heterocycles. The van der Waals surface area contributed by atoms with E-state index in [1.54, 1.807) is 18.2 Å². The van der Waals surface area contributed by atoms with Crippen LogP contribution in [0.25, 0.3) is 0 Å². The Bertz CT molecular complexity index is 419. The second-order valence-electron chi connectivity index (χ2n) is 5.25. The van der Waals surface area contributed by atoms with Crippen molar-refractivity contribution in [1.29, 1.82) is 0 Å². The van der Waals surface area contributed by atoms with Crippen molar-refractivity contribution in [2.45, 2.75) is 46.1 Å². The monoisotopic (exact) mass is 278 g/mol. The third kappa shape index (κ3) is 5.51. The van der Waals surface area contributed by atoms with Gasteiger partial charge in [0.25, 0.3) is 5.91 Å². The van der Waals surface area contributed by atoms with Gasteiger partial charge in [0.2, 0.25) is 0 Å². The van der Waals surface area contributed by atoms with Crippen LogP contribution in [0, 0.1) is 0 Å². The highest BCUT2D eigenvalue weighted by Gasteiger charge is 2.16. The van der Waals surface area contributed by atoms with Crippen LogP contribution < -0.4 is 10.5 Å². The molecule has 1 aromatic rings. The van der Waals surface area contributed by atoms with Crippen molar-refractivity contribution >= 4 is 11.6 Å². The Kier molecular flexibility index (Phi) is 6.91. The van der Waals surface area contributed by atoms with E-state index in [4.69, 9.17) is 10.5 Å². The van der Waals surface area contributed by atoms with Gasteiger partial charge in [0.1, 0.15) is 5.75 Å². The molecule has 0 spiro atoms. The number of carbonyl (C=O) groups excluding carboxylic acids is 1. The van der Waals surface area contributed by atoms with Crippen molar-refractivity contribution in [3.8, 4) is 5.75 Å². The fourth-order valence-electron chi connectivity index (χ4n) is 2.04. The molecule has 0 aliphatic heterocycles. The lowest BCUT2D eigenvalue weighted by atomic mass is 10.2. The van der Waals surface area contributed by atoms with E-state index in [9.17, 15) is 4.79 Å². The van der Waals surface area contributed by atoms with Gasteiger partial charge in [0.15, 0.2) is 6.61 Å². The minimum atomic E-state index is 0.0264. The summed E-state index contributed by atoms with van der Waals surface area (Å²) < 4.78 is 5.51. The van der Waals surface area contributed by atoms with Crippen molar-refractivity contribution in [3.05, 3.63) is 24.3 Å². The topological polar surface area (TPSA) is 55.6 Å². The summed E-state index contributed by atoms with van der Waals surface area (Å²) in [5, 5.41) is 0. The van der Waals surface area contributed by atoms with Crippen molar-refractivity contribution in [2.75, 3.05) is 18.9 Å². The van der Waals surface area contributed by atoms with E-state index >= 15 is 0 Å². The number of amides is 1. The summed E-state index contributed by atoms with van der Waals surface area (Å²) in [6, 6.07) is 7.34. The largest absolute Gasteiger partial charge is 0.484 e. The van der Waals surface area contributed by atoms with Crippen molar-refractivity contribution < 1.29 is 9.53 Å². The minimum Gasteiger partial charge on any atom is -0.484 e. The molecule has 1 amide bonds. The van der Waals surface area contributed by atoms with E-state index in [1.807, 2.05) is 24.8 Å². The van der Waals surface area contributed by atoms with Gasteiger partial charge in [-0.25, -0.2) is 0 Å². The summed E-state index contributed by atoms with van der Waals surface area (Å²) in [5.41, 5.74) is 6.32. The summed E-state index contributed by atoms with van der Waals surface area (Å²) in [6.45, 7) is 7.08. The van der Waals surface area contributed by atoms with Gasteiger partial charge in [-0.1, -0.05) is 25.8 Å². The van der Waals surface area contributed by atoms with Crippen LogP contribution in [0.2, 0.25) is 0 Å². The Morgan fingerprint density at radius 3 is 2.70 bits per heavy atom. The Morgan fingerprint density at radius 1 is 1.35 bits per heavy atom. The molecular formula is C16H26N2O2. The minimum absolute atomic E-state index is 0.0264. The highest BCUT2D eigenvalue weighted by molar-refractivity contribution is 5.78. The molecule has 4 nitrogen and oxygen atoms in total. The maximum absolute atomic E-state index is 12.2. The average molecular weight is 278 g/mol. The van der Waals surface area contributed by atoms with E-state index < -0.39 is 0 Å². The molecule has 0 aliphatic carbocycles. The Labute approximate surface area is 121 Å². The lowest BCUT2D eigenvalue weighted by Crippen LogP contribution is -2.40. The predicted octanol–water partition coefficient (Wildman–Crippen LogP) is 3.07. The molecule has 1 aromatic carbocycles. The number of anilines is 1. The zero-order chi connectivity index (χ0) is 15.0.